The molecule has 6 nitrogen and oxygen atoms in total. The molecule has 0 N–H and O–H groups in total. The molecule has 5 aliphatic carbocycles. The van der Waals surface area contributed by atoms with Crippen LogP contribution in [-0.4, -0.2) is 21.1 Å². The number of rotatable bonds is 2. The van der Waals surface area contributed by atoms with Gasteiger partial charge in [-0.05, 0) is 90.9 Å². The zero-order chi connectivity index (χ0) is 28.5. The fourth-order valence-electron chi connectivity index (χ4n) is 11.2. The molecule has 0 unspecified atom stereocenters. The summed E-state index contributed by atoms with van der Waals surface area (Å²) >= 11 is 0. The number of allylic oxidation sites excluding steroid dienone is 2. The Morgan fingerprint density at radius 2 is 1.75 bits per heavy atom. The predicted octanol–water partition coefficient (Wildman–Crippen LogP) is 7.47. The van der Waals surface area contributed by atoms with Crippen LogP contribution in [0.2, 0.25) is 0 Å². The van der Waals surface area contributed by atoms with Gasteiger partial charge >= 0.3 is 0 Å². The number of alkyl halides is 1. The van der Waals surface area contributed by atoms with Crippen LogP contribution in [0.25, 0.3) is 0 Å². The molecule has 0 spiro atoms. The second kappa shape index (κ2) is 7.95. The van der Waals surface area contributed by atoms with Crippen LogP contribution in [0.3, 0.4) is 0 Å². The lowest BCUT2D eigenvalue weighted by molar-refractivity contribution is -0.160. The average molecular weight is 550 g/mol. The Labute approximate surface area is 236 Å². The molecule has 0 radical (unpaired) electrons. The summed E-state index contributed by atoms with van der Waals surface area (Å²) in [5.74, 6) is 2.31. The second-order valence-electron chi connectivity index (χ2n) is 16.1. The summed E-state index contributed by atoms with van der Waals surface area (Å²) in [6.07, 6.45) is 11.7. The minimum absolute atomic E-state index is 0.0460. The van der Waals surface area contributed by atoms with Gasteiger partial charge in [-0.3, -0.25) is 4.79 Å². The Morgan fingerprint density at radius 3 is 2.48 bits per heavy atom. The van der Waals surface area contributed by atoms with Gasteiger partial charge in [0.1, 0.15) is 5.76 Å². The number of hydrogen-bond acceptors (Lipinski definition) is 6. The summed E-state index contributed by atoms with van der Waals surface area (Å²) < 4.78 is 24.6. The molecule has 0 bridgehead atoms. The maximum absolute atomic E-state index is 14.7. The standard InChI is InChI=1S/C33H44FN3O3/c1-28(2)10-12-33(27-36-24(17-34)39-37-27)13-11-32(7)25(20(33)16-28)21(38)14-23-30(5)15-19-18-35-40-26(19)29(3,4)22(30)8-9-31(23,32)6/h14,18,20,22,25H,8-13,15-17H2,1-7H3/t20-,22-,25-,30-,31+,32+,33-/m0/s1. The summed E-state index contributed by atoms with van der Waals surface area (Å²) in [6.45, 7) is 15.8. The van der Waals surface area contributed by atoms with Crippen molar-refractivity contribution in [2.24, 2.45) is 39.4 Å². The quantitative estimate of drug-likeness (QED) is 0.386. The van der Waals surface area contributed by atoms with Crippen molar-refractivity contribution >= 4 is 5.78 Å². The third-order valence-electron chi connectivity index (χ3n) is 13.4. The van der Waals surface area contributed by atoms with Crippen molar-refractivity contribution < 1.29 is 18.2 Å². The van der Waals surface area contributed by atoms with E-state index in [0.717, 1.165) is 57.1 Å². The van der Waals surface area contributed by atoms with E-state index >= 15 is 0 Å². The van der Waals surface area contributed by atoms with Crippen molar-refractivity contribution in [1.29, 1.82) is 0 Å². The highest BCUT2D eigenvalue weighted by Crippen LogP contribution is 2.74. The van der Waals surface area contributed by atoms with Crippen LogP contribution in [0.5, 0.6) is 0 Å². The predicted molar refractivity (Wildman–Crippen MR) is 148 cm³/mol. The maximum atomic E-state index is 14.7. The lowest BCUT2D eigenvalue weighted by Gasteiger charge is -2.69. The lowest BCUT2D eigenvalue weighted by Crippen LogP contribution is -2.66. The maximum Gasteiger partial charge on any atom is 0.258 e. The Bertz CT molecular complexity index is 1420. The summed E-state index contributed by atoms with van der Waals surface area (Å²) in [6, 6.07) is 0. The summed E-state index contributed by atoms with van der Waals surface area (Å²) in [5.41, 5.74) is 1.73. The minimum Gasteiger partial charge on any atom is -0.361 e. The van der Waals surface area contributed by atoms with E-state index in [1.807, 2.05) is 6.20 Å². The summed E-state index contributed by atoms with van der Waals surface area (Å²) in [4.78, 5) is 19.2. The highest BCUT2D eigenvalue weighted by Gasteiger charge is 2.70. The third-order valence-corrected chi connectivity index (χ3v) is 13.4. The van der Waals surface area contributed by atoms with Gasteiger partial charge in [0, 0.05) is 22.3 Å². The smallest absolute Gasteiger partial charge is 0.258 e. The first-order valence-corrected chi connectivity index (χ1v) is 15.3. The lowest BCUT2D eigenvalue weighted by atomic mass is 9.34. The van der Waals surface area contributed by atoms with Crippen LogP contribution in [0.4, 0.5) is 4.39 Å². The van der Waals surface area contributed by atoms with Crippen molar-refractivity contribution in [2.45, 2.75) is 117 Å². The monoisotopic (exact) mass is 549 g/mol. The first kappa shape index (κ1) is 26.6. The first-order valence-electron chi connectivity index (χ1n) is 15.3. The topological polar surface area (TPSA) is 82.0 Å². The Kier molecular flexibility index (Phi) is 5.28. The summed E-state index contributed by atoms with van der Waals surface area (Å²) in [5, 5.41) is 8.55. The molecule has 0 aliphatic heterocycles. The Morgan fingerprint density at radius 1 is 1.00 bits per heavy atom. The molecule has 2 aromatic heterocycles. The number of carbonyl (C=O) groups excluding carboxylic acids is 1. The van der Waals surface area contributed by atoms with Crippen LogP contribution in [-0.2, 0) is 28.7 Å². The number of ketones is 1. The van der Waals surface area contributed by atoms with Crippen LogP contribution < -0.4 is 0 Å². The SMILES string of the molecule is CC1(C)CC[C@]2(c3noc(CF)n3)CC[C@]3(C)[C@H](C(=O)C=C4[C@@]5(C)Cc6cnoc6C(C)(C)[C@@H]5CC[C@]43C)[C@@H]2C1. The summed E-state index contributed by atoms with van der Waals surface area (Å²) in [7, 11) is 0. The number of hydrogen-bond donors (Lipinski definition) is 0. The van der Waals surface area contributed by atoms with Gasteiger partial charge in [-0.15, -0.1) is 0 Å². The fourth-order valence-corrected chi connectivity index (χ4v) is 11.2. The third kappa shape index (κ3) is 3.10. The molecule has 40 heavy (non-hydrogen) atoms. The van der Waals surface area contributed by atoms with E-state index in [0.29, 0.717) is 11.7 Å². The molecular formula is C33H44FN3O3. The molecule has 7 rings (SSSR count). The van der Waals surface area contributed by atoms with Crippen molar-refractivity contribution in [3.05, 3.63) is 40.9 Å². The number of halogens is 1. The van der Waals surface area contributed by atoms with E-state index in [1.54, 1.807) is 0 Å². The van der Waals surface area contributed by atoms with E-state index in [4.69, 9.17) is 9.05 Å². The molecule has 7 atom stereocenters. The average Bonchev–Trinajstić information content (AvgIpc) is 3.55. The number of fused-ring (bicyclic) bond motifs is 8. The van der Waals surface area contributed by atoms with E-state index in [1.165, 1.54) is 11.1 Å². The van der Waals surface area contributed by atoms with Gasteiger partial charge in [0.25, 0.3) is 5.89 Å². The molecule has 7 heteroatoms. The minimum atomic E-state index is -0.756. The van der Waals surface area contributed by atoms with Gasteiger partial charge in [0.15, 0.2) is 18.3 Å². The van der Waals surface area contributed by atoms with Gasteiger partial charge in [-0.1, -0.05) is 64.4 Å². The first-order chi connectivity index (χ1) is 18.7. The highest BCUT2D eigenvalue weighted by atomic mass is 19.1. The van der Waals surface area contributed by atoms with Crippen LogP contribution in [0.1, 0.15) is 116 Å². The molecular weight excluding hydrogens is 505 g/mol. The van der Waals surface area contributed by atoms with Crippen LogP contribution >= 0.6 is 0 Å². The number of carbonyl (C=O) groups is 1. The highest BCUT2D eigenvalue weighted by molar-refractivity contribution is 5.95. The van der Waals surface area contributed by atoms with Gasteiger partial charge in [0.05, 0.1) is 6.20 Å². The normalized spacial score (nSPS) is 43.0. The van der Waals surface area contributed by atoms with Gasteiger partial charge in [0.2, 0.25) is 0 Å². The number of aromatic nitrogens is 3. The van der Waals surface area contributed by atoms with Crippen molar-refractivity contribution in [3.8, 4) is 0 Å². The molecule has 3 fully saturated rings. The van der Waals surface area contributed by atoms with Crippen LogP contribution in [0.15, 0.2) is 26.9 Å². The molecule has 0 amide bonds. The molecule has 5 aliphatic rings. The van der Waals surface area contributed by atoms with Crippen LogP contribution in [0, 0.1) is 39.4 Å². The van der Waals surface area contributed by atoms with E-state index in [2.05, 4.69) is 69.8 Å². The molecule has 216 valence electrons. The van der Waals surface area contributed by atoms with E-state index in [9.17, 15) is 9.18 Å². The zero-order valence-electron chi connectivity index (χ0n) is 25.2. The van der Waals surface area contributed by atoms with Crippen molar-refractivity contribution in [3.63, 3.8) is 0 Å². The Hall–Kier alpha value is -2.31. The molecule has 2 heterocycles. The molecule has 0 saturated heterocycles. The van der Waals surface area contributed by atoms with Crippen molar-refractivity contribution in [2.75, 3.05) is 0 Å². The van der Waals surface area contributed by atoms with Gasteiger partial charge < -0.3 is 9.05 Å². The number of nitrogens with zero attached hydrogens (tertiary/aromatic N) is 3. The fraction of sp³-hybridized carbons (Fsp3) is 0.758. The molecule has 0 aromatic carbocycles. The zero-order valence-corrected chi connectivity index (χ0v) is 25.2. The van der Waals surface area contributed by atoms with Gasteiger partial charge in [-0.2, -0.15) is 4.98 Å². The second-order valence-corrected chi connectivity index (χ2v) is 16.1. The van der Waals surface area contributed by atoms with Gasteiger partial charge in [-0.25, -0.2) is 4.39 Å². The van der Waals surface area contributed by atoms with E-state index in [-0.39, 0.29) is 56.0 Å². The van der Waals surface area contributed by atoms with E-state index < -0.39 is 6.67 Å². The van der Waals surface area contributed by atoms with Crippen molar-refractivity contribution in [1.82, 2.24) is 15.3 Å². The molecule has 2 aromatic rings. The Balaban J connectivity index is 1.38. The molecule has 3 saturated carbocycles. The largest absolute Gasteiger partial charge is 0.361 e.